The third-order valence-electron chi connectivity index (χ3n) is 6.16. The normalized spacial score (nSPS) is 11.1. The number of rotatable bonds is 25. The topological polar surface area (TPSA) is 49.3 Å². The predicted molar refractivity (Wildman–Crippen MR) is 135 cm³/mol. The van der Waals surface area contributed by atoms with Gasteiger partial charge in [-0.15, -0.1) is 0 Å². The Hall–Kier alpha value is -0.0900. The number of carbonyl (C=O) groups is 1. The van der Waals surface area contributed by atoms with Crippen LogP contribution in [0.1, 0.15) is 154 Å². The molecule has 0 aliphatic heterocycles. The Bertz CT molecular complexity index is 339. The highest BCUT2D eigenvalue weighted by Crippen LogP contribution is 2.15. The fourth-order valence-electron chi connectivity index (χ4n) is 4.15. The lowest BCUT2D eigenvalue weighted by molar-refractivity contribution is -0.129. The van der Waals surface area contributed by atoms with Gasteiger partial charge in [0.15, 0.2) is 0 Å². The number of halogens is 1. The first-order chi connectivity index (χ1) is 14.8. The molecule has 0 aromatic rings. The number of hydroxylamine groups is 1. The zero-order valence-corrected chi connectivity index (χ0v) is 21.5. The molecule has 1 amide bonds. The lowest BCUT2D eigenvalue weighted by Crippen LogP contribution is -2.17. The van der Waals surface area contributed by atoms with Crippen molar-refractivity contribution in [2.75, 3.05) is 5.33 Å². The maximum absolute atomic E-state index is 10.9. The largest absolute Gasteiger partial charge is 0.289 e. The fraction of sp³-hybridized carbons (Fsp3) is 0.962. The summed E-state index contributed by atoms with van der Waals surface area (Å²) in [5.41, 5.74) is 1.69. The van der Waals surface area contributed by atoms with Gasteiger partial charge >= 0.3 is 0 Å². The fourth-order valence-corrected chi connectivity index (χ4v) is 4.54. The molecule has 0 radical (unpaired) electrons. The number of nitrogens with one attached hydrogen (secondary N) is 1. The summed E-state index contributed by atoms with van der Waals surface area (Å²) in [6, 6.07) is 0. The maximum atomic E-state index is 10.9. The zero-order chi connectivity index (χ0) is 22.0. The third-order valence-corrected chi connectivity index (χ3v) is 6.72. The van der Waals surface area contributed by atoms with E-state index in [1.807, 2.05) is 0 Å². The van der Waals surface area contributed by atoms with E-state index in [1.54, 1.807) is 5.48 Å². The molecule has 0 rings (SSSR count). The van der Waals surface area contributed by atoms with Crippen molar-refractivity contribution in [2.24, 2.45) is 0 Å². The highest BCUT2D eigenvalue weighted by atomic mass is 79.9. The first kappa shape index (κ1) is 29.9. The van der Waals surface area contributed by atoms with Gasteiger partial charge in [0.2, 0.25) is 5.91 Å². The van der Waals surface area contributed by atoms with E-state index in [4.69, 9.17) is 5.21 Å². The molecule has 0 heterocycles. The van der Waals surface area contributed by atoms with Crippen LogP contribution in [0.2, 0.25) is 0 Å². The van der Waals surface area contributed by atoms with Crippen LogP contribution >= 0.6 is 15.9 Å². The van der Waals surface area contributed by atoms with E-state index in [9.17, 15) is 4.79 Å². The molecule has 0 aromatic carbocycles. The van der Waals surface area contributed by atoms with Crippen LogP contribution in [0.5, 0.6) is 0 Å². The summed E-state index contributed by atoms with van der Waals surface area (Å²) in [6.45, 7) is 0. The maximum Gasteiger partial charge on any atom is 0.243 e. The van der Waals surface area contributed by atoms with Crippen molar-refractivity contribution >= 4 is 21.8 Å². The second-order valence-electron chi connectivity index (χ2n) is 9.11. The summed E-state index contributed by atoms with van der Waals surface area (Å²) in [5, 5.41) is 9.59. The number of amides is 1. The van der Waals surface area contributed by atoms with Gasteiger partial charge in [-0.05, 0) is 12.8 Å². The van der Waals surface area contributed by atoms with Crippen LogP contribution in [0.15, 0.2) is 0 Å². The van der Waals surface area contributed by atoms with Crippen LogP contribution in [0.4, 0.5) is 0 Å². The molecule has 0 atom stereocenters. The van der Waals surface area contributed by atoms with Gasteiger partial charge in [0.05, 0.1) is 0 Å². The van der Waals surface area contributed by atoms with Gasteiger partial charge in [-0.1, -0.05) is 151 Å². The first-order valence-corrected chi connectivity index (χ1v) is 14.4. The van der Waals surface area contributed by atoms with Crippen LogP contribution in [0, 0.1) is 0 Å². The Morgan fingerprint density at radius 1 is 0.467 bits per heavy atom. The molecule has 0 saturated heterocycles. The number of carbonyl (C=O) groups excluding carboxylic acids is 1. The van der Waals surface area contributed by atoms with Crippen LogP contribution in [0.3, 0.4) is 0 Å². The van der Waals surface area contributed by atoms with E-state index >= 15 is 0 Å². The van der Waals surface area contributed by atoms with E-state index in [2.05, 4.69) is 15.9 Å². The third kappa shape index (κ3) is 25.9. The summed E-state index contributed by atoms with van der Waals surface area (Å²) < 4.78 is 0. The zero-order valence-electron chi connectivity index (χ0n) is 19.9. The smallest absolute Gasteiger partial charge is 0.243 e. The minimum Gasteiger partial charge on any atom is -0.289 e. The molecule has 0 spiro atoms. The molecule has 0 bridgehead atoms. The van der Waals surface area contributed by atoms with Crippen LogP contribution in [0.25, 0.3) is 0 Å². The molecule has 0 aliphatic rings. The molecule has 30 heavy (non-hydrogen) atoms. The lowest BCUT2D eigenvalue weighted by atomic mass is 10.0. The molecule has 0 aliphatic carbocycles. The first-order valence-electron chi connectivity index (χ1n) is 13.3. The highest BCUT2D eigenvalue weighted by molar-refractivity contribution is 9.09. The average Bonchev–Trinajstić information content (AvgIpc) is 2.76. The van der Waals surface area contributed by atoms with E-state index in [0.29, 0.717) is 6.42 Å². The minimum atomic E-state index is -0.257. The predicted octanol–water partition coefficient (Wildman–Crippen LogP) is 9.25. The van der Waals surface area contributed by atoms with Crippen LogP contribution in [-0.2, 0) is 4.79 Å². The second kappa shape index (κ2) is 26.9. The number of alkyl halides is 1. The van der Waals surface area contributed by atoms with E-state index in [-0.39, 0.29) is 5.91 Å². The molecule has 0 aromatic heterocycles. The van der Waals surface area contributed by atoms with Gasteiger partial charge in [-0.2, -0.15) is 0 Å². The van der Waals surface area contributed by atoms with Gasteiger partial charge in [-0.25, -0.2) is 5.48 Å². The molecule has 0 saturated carbocycles. The van der Waals surface area contributed by atoms with Crippen LogP contribution in [-0.4, -0.2) is 16.4 Å². The van der Waals surface area contributed by atoms with Gasteiger partial charge in [0.1, 0.15) is 0 Å². The molecular weight excluding hydrogens is 438 g/mol. The van der Waals surface area contributed by atoms with Gasteiger partial charge in [0.25, 0.3) is 0 Å². The SMILES string of the molecule is O=C(CCCCCCCCCCCCCCCCCCCCCCCCCBr)NO. The minimum absolute atomic E-state index is 0.257. The van der Waals surface area contributed by atoms with Crippen molar-refractivity contribution in [3.05, 3.63) is 0 Å². The molecule has 3 nitrogen and oxygen atoms in total. The highest BCUT2D eigenvalue weighted by Gasteiger charge is 1.98. The van der Waals surface area contributed by atoms with Crippen molar-refractivity contribution in [2.45, 2.75) is 154 Å². The van der Waals surface area contributed by atoms with Crippen LogP contribution < -0.4 is 5.48 Å². The molecular formula is C26H52BrNO2. The average molecular weight is 491 g/mol. The Balaban J connectivity index is 3.01. The summed E-state index contributed by atoms with van der Waals surface area (Å²) >= 11 is 3.50. The van der Waals surface area contributed by atoms with Gasteiger partial charge in [0, 0.05) is 11.8 Å². The van der Waals surface area contributed by atoms with Crippen molar-refractivity contribution in [3.8, 4) is 0 Å². The summed E-state index contributed by atoms with van der Waals surface area (Å²) in [6.07, 6.45) is 32.0. The molecule has 0 fully saturated rings. The van der Waals surface area contributed by atoms with Gasteiger partial charge < -0.3 is 0 Å². The number of unbranched alkanes of at least 4 members (excludes halogenated alkanes) is 22. The Morgan fingerprint density at radius 2 is 0.700 bits per heavy atom. The van der Waals surface area contributed by atoms with E-state index in [0.717, 1.165) is 12.8 Å². The second-order valence-corrected chi connectivity index (χ2v) is 9.90. The van der Waals surface area contributed by atoms with E-state index < -0.39 is 0 Å². The standard InChI is InChI=1S/C26H52BrNO2/c27-25-23-21-19-17-15-13-11-9-7-5-3-1-2-4-6-8-10-12-14-16-18-20-22-24-26(29)28-30/h30H,1-25H2,(H,28,29). The number of hydrogen-bond donors (Lipinski definition) is 2. The van der Waals surface area contributed by atoms with E-state index in [1.165, 1.54) is 140 Å². The summed E-state index contributed by atoms with van der Waals surface area (Å²) in [5.74, 6) is -0.257. The summed E-state index contributed by atoms with van der Waals surface area (Å²) in [7, 11) is 0. The van der Waals surface area contributed by atoms with Crippen molar-refractivity contribution in [3.63, 3.8) is 0 Å². The molecule has 180 valence electrons. The summed E-state index contributed by atoms with van der Waals surface area (Å²) in [4.78, 5) is 10.9. The Labute approximate surface area is 196 Å². The number of hydrogen-bond acceptors (Lipinski definition) is 2. The lowest BCUT2D eigenvalue weighted by Gasteiger charge is -2.04. The van der Waals surface area contributed by atoms with Crippen molar-refractivity contribution in [1.29, 1.82) is 0 Å². The van der Waals surface area contributed by atoms with Gasteiger partial charge in [-0.3, -0.25) is 10.0 Å². The molecule has 4 heteroatoms. The quantitative estimate of drug-likeness (QED) is 0.0580. The molecule has 2 N–H and O–H groups in total. The Morgan fingerprint density at radius 3 is 0.933 bits per heavy atom. The van der Waals surface area contributed by atoms with Crippen molar-refractivity contribution in [1.82, 2.24) is 5.48 Å². The van der Waals surface area contributed by atoms with Crippen molar-refractivity contribution < 1.29 is 10.0 Å². The monoisotopic (exact) mass is 489 g/mol. The Kier molecular flexibility index (Phi) is 26.9. The molecule has 0 unspecified atom stereocenters.